The van der Waals surface area contributed by atoms with Gasteiger partial charge < -0.3 is 8.98 Å². The van der Waals surface area contributed by atoms with Gasteiger partial charge >= 0.3 is 0 Å². The highest BCUT2D eigenvalue weighted by molar-refractivity contribution is 7.99. The summed E-state index contributed by atoms with van der Waals surface area (Å²) < 4.78 is 31.5. The van der Waals surface area contributed by atoms with Crippen LogP contribution in [0.4, 0.5) is 0 Å². The number of nitrogens with two attached hydrogens (primary N) is 1. The van der Waals surface area contributed by atoms with E-state index in [0.717, 1.165) is 35.6 Å². The highest BCUT2D eigenvalue weighted by Crippen LogP contribution is 2.36. The van der Waals surface area contributed by atoms with Crippen molar-refractivity contribution in [2.24, 2.45) is 5.14 Å². The molecule has 1 atom stereocenters. The van der Waals surface area contributed by atoms with Crippen molar-refractivity contribution in [1.82, 2.24) is 19.7 Å². The van der Waals surface area contributed by atoms with Crippen LogP contribution < -0.4 is 5.14 Å². The van der Waals surface area contributed by atoms with E-state index in [0.29, 0.717) is 17.3 Å². The van der Waals surface area contributed by atoms with Gasteiger partial charge in [-0.3, -0.25) is 0 Å². The van der Waals surface area contributed by atoms with Crippen LogP contribution in [-0.4, -0.2) is 28.2 Å². The predicted octanol–water partition coefficient (Wildman–Crippen LogP) is 4.39. The molecule has 2 heterocycles. The van der Waals surface area contributed by atoms with E-state index < -0.39 is 10.0 Å². The molecule has 0 fully saturated rings. The van der Waals surface area contributed by atoms with Crippen LogP contribution in [0.1, 0.15) is 37.8 Å². The summed E-state index contributed by atoms with van der Waals surface area (Å²) in [4.78, 5) is 4.74. The summed E-state index contributed by atoms with van der Waals surface area (Å²) in [6, 6.07) is 14.4. The van der Waals surface area contributed by atoms with E-state index in [1.54, 1.807) is 6.07 Å². The second kappa shape index (κ2) is 8.81. The van der Waals surface area contributed by atoms with Crippen molar-refractivity contribution >= 4 is 32.8 Å². The van der Waals surface area contributed by atoms with E-state index >= 15 is 0 Å². The Morgan fingerprint density at radius 3 is 2.65 bits per heavy atom. The lowest BCUT2D eigenvalue weighted by molar-refractivity contribution is 0.508. The van der Waals surface area contributed by atoms with Gasteiger partial charge in [0.15, 0.2) is 5.16 Å². The topological polar surface area (TPSA) is 117 Å². The molecule has 0 bridgehead atoms. The van der Waals surface area contributed by atoms with Crippen molar-refractivity contribution in [3.8, 4) is 11.5 Å². The SMILES string of the molecule is CCCCn1c(S[C@@H](C)c2nnc(-c3ccccc3)o2)nc2cc(S(N)(=O)=O)ccc21. The quantitative estimate of drug-likeness (QED) is 0.390. The number of thioether (sulfide) groups is 1. The predicted molar refractivity (Wildman–Crippen MR) is 120 cm³/mol. The lowest BCUT2D eigenvalue weighted by atomic mass is 10.2. The molecule has 2 aromatic carbocycles. The van der Waals surface area contributed by atoms with Gasteiger partial charge in [0.05, 0.1) is 21.2 Å². The molecule has 10 heteroatoms. The van der Waals surface area contributed by atoms with Crippen LogP contribution in [0.5, 0.6) is 0 Å². The smallest absolute Gasteiger partial charge is 0.247 e. The summed E-state index contributed by atoms with van der Waals surface area (Å²) in [5.41, 5.74) is 2.32. The van der Waals surface area contributed by atoms with Crippen LogP contribution in [0.3, 0.4) is 0 Å². The third-order valence-electron chi connectivity index (χ3n) is 4.84. The average Bonchev–Trinajstić information content (AvgIpc) is 3.37. The van der Waals surface area contributed by atoms with Crippen molar-refractivity contribution in [1.29, 1.82) is 0 Å². The monoisotopic (exact) mass is 457 g/mol. The molecule has 0 aliphatic carbocycles. The number of nitrogens with zero attached hydrogens (tertiary/aromatic N) is 4. The maximum atomic E-state index is 11.7. The van der Waals surface area contributed by atoms with Crippen LogP contribution in [0.25, 0.3) is 22.5 Å². The first-order chi connectivity index (χ1) is 14.9. The molecule has 0 amide bonds. The second-order valence-corrected chi connectivity index (χ2v) is 10.0. The summed E-state index contributed by atoms with van der Waals surface area (Å²) in [5, 5.41) is 14.3. The zero-order chi connectivity index (χ0) is 22.0. The Morgan fingerprint density at radius 1 is 1.16 bits per heavy atom. The fourth-order valence-electron chi connectivity index (χ4n) is 3.19. The number of benzene rings is 2. The molecule has 2 aromatic heterocycles. The molecule has 2 N–H and O–H groups in total. The molecule has 0 aliphatic heterocycles. The number of hydrogen-bond acceptors (Lipinski definition) is 7. The van der Waals surface area contributed by atoms with E-state index in [9.17, 15) is 8.42 Å². The minimum Gasteiger partial charge on any atom is -0.419 e. The summed E-state index contributed by atoms with van der Waals surface area (Å²) in [6.07, 6.45) is 2.00. The normalized spacial score (nSPS) is 13.0. The standard InChI is InChI=1S/C21H23N5O3S2/c1-3-4-12-26-18-11-10-16(31(22,27)28)13-17(18)23-21(26)30-14(2)19-24-25-20(29-19)15-8-6-5-7-9-15/h5-11,13-14H,3-4,12H2,1-2H3,(H2,22,27,28)/t14-/m0/s1. The Labute approximate surface area is 184 Å². The number of primary sulfonamides is 1. The van der Waals surface area contributed by atoms with E-state index in [1.807, 2.05) is 37.3 Å². The van der Waals surface area contributed by atoms with Gasteiger partial charge in [-0.1, -0.05) is 43.3 Å². The Balaban J connectivity index is 1.65. The van der Waals surface area contributed by atoms with Crippen LogP contribution >= 0.6 is 11.8 Å². The minimum absolute atomic E-state index is 0.0501. The van der Waals surface area contributed by atoms with Gasteiger partial charge in [0.1, 0.15) is 0 Å². The minimum atomic E-state index is -3.79. The third kappa shape index (κ3) is 4.65. The molecule has 31 heavy (non-hydrogen) atoms. The van der Waals surface area contributed by atoms with E-state index in [2.05, 4.69) is 26.7 Å². The number of aryl methyl sites for hydroxylation is 1. The largest absolute Gasteiger partial charge is 0.419 e. The Kier molecular flexibility index (Phi) is 6.12. The molecule has 0 saturated heterocycles. The first-order valence-corrected chi connectivity index (χ1v) is 12.4. The van der Waals surface area contributed by atoms with E-state index in [1.165, 1.54) is 23.9 Å². The molecule has 8 nitrogen and oxygen atoms in total. The van der Waals surface area contributed by atoms with Gasteiger partial charge in [-0.2, -0.15) is 0 Å². The fourth-order valence-corrected chi connectivity index (χ4v) is 4.71. The molecule has 162 valence electrons. The zero-order valence-electron chi connectivity index (χ0n) is 17.2. The number of fused-ring (bicyclic) bond motifs is 1. The lowest BCUT2D eigenvalue weighted by Gasteiger charge is -2.10. The van der Waals surface area contributed by atoms with Crippen LogP contribution in [-0.2, 0) is 16.6 Å². The molecule has 4 aromatic rings. The van der Waals surface area contributed by atoms with Crippen molar-refractivity contribution in [3.63, 3.8) is 0 Å². The molecule has 0 spiro atoms. The van der Waals surface area contributed by atoms with E-state index in [-0.39, 0.29) is 10.1 Å². The van der Waals surface area contributed by atoms with Gasteiger partial charge in [0.2, 0.25) is 21.8 Å². The highest BCUT2D eigenvalue weighted by Gasteiger charge is 2.21. The zero-order valence-corrected chi connectivity index (χ0v) is 18.9. The maximum Gasteiger partial charge on any atom is 0.247 e. The van der Waals surface area contributed by atoms with Crippen LogP contribution in [0.2, 0.25) is 0 Å². The number of aromatic nitrogens is 4. The molecule has 0 unspecified atom stereocenters. The van der Waals surface area contributed by atoms with Crippen molar-refractivity contribution in [2.75, 3.05) is 0 Å². The number of imidazole rings is 1. The molecular formula is C21H23N5O3S2. The van der Waals surface area contributed by atoms with E-state index in [4.69, 9.17) is 9.56 Å². The molecule has 0 saturated carbocycles. The van der Waals surface area contributed by atoms with Crippen LogP contribution in [0, 0.1) is 0 Å². The Bertz CT molecular complexity index is 1300. The number of unbranched alkanes of at least 4 members (excludes halogenated alkanes) is 1. The first-order valence-electron chi connectivity index (χ1n) is 9.95. The lowest BCUT2D eigenvalue weighted by Crippen LogP contribution is -2.11. The number of hydrogen-bond donors (Lipinski definition) is 1. The second-order valence-electron chi connectivity index (χ2n) is 7.17. The molecule has 0 radical (unpaired) electrons. The summed E-state index contributed by atoms with van der Waals surface area (Å²) in [5.74, 6) is 0.975. The van der Waals surface area contributed by atoms with Crippen molar-refractivity contribution in [3.05, 3.63) is 54.4 Å². The number of sulfonamides is 1. The van der Waals surface area contributed by atoms with Gasteiger partial charge in [-0.25, -0.2) is 18.5 Å². The van der Waals surface area contributed by atoms with Gasteiger partial charge in [0.25, 0.3) is 0 Å². The number of rotatable bonds is 8. The fraction of sp³-hybridized carbons (Fsp3) is 0.286. The summed E-state index contributed by atoms with van der Waals surface area (Å²) >= 11 is 1.50. The van der Waals surface area contributed by atoms with Gasteiger partial charge in [-0.15, -0.1) is 10.2 Å². The van der Waals surface area contributed by atoms with Crippen molar-refractivity contribution in [2.45, 2.75) is 48.5 Å². The molecular weight excluding hydrogens is 434 g/mol. The third-order valence-corrected chi connectivity index (χ3v) is 6.83. The van der Waals surface area contributed by atoms with Crippen molar-refractivity contribution < 1.29 is 12.8 Å². The highest BCUT2D eigenvalue weighted by atomic mass is 32.2. The Morgan fingerprint density at radius 2 is 1.94 bits per heavy atom. The molecule has 0 aliphatic rings. The average molecular weight is 458 g/mol. The summed E-state index contributed by atoms with van der Waals surface area (Å²) in [7, 11) is -3.79. The molecule has 4 rings (SSSR count). The summed E-state index contributed by atoms with van der Waals surface area (Å²) in [6.45, 7) is 4.87. The first kappa shape index (κ1) is 21.5. The van der Waals surface area contributed by atoms with Gasteiger partial charge in [-0.05, 0) is 43.7 Å². The van der Waals surface area contributed by atoms with Gasteiger partial charge in [0, 0.05) is 12.1 Å². The van der Waals surface area contributed by atoms with Crippen LogP contribution in [0.15, 0.2) is 63.0 Å². The maximum absolute atomic E-state index is 11.7. The Hall–Kier alpha value is -2.69.